The summed E-state index contributed by atoms with van der Waals surface area (Å²) in [6.45, 7) is 9.85. The van der Waals surface area contributed by atoms with E-state index in [1.807, 2.05) is 0 Å². The third-order valence-corrected chi connectivity index (χ3v) is 6.56. The van der Waals surface area contributed by atoms with Gasteiger partial charge in [-0.15, -0.1) is 0 Å². The van der Waals surface area contributed by atoms with Gasteiger partial charge in [0.15, 0.2) is 0 Å². The molecule has 6 nitrogen and oxygen atoms in total. The van der Waals surface area contributed by atoms with Gasteiger partial charge in [0.1, 0.15) is 23.6 Å². The molecule has 0 aromatic carbocycles. The van der Waals surface area contributed by atoms with Gasteiger partial charge in [0.05, 0.1) is 0 Å². The number of nitrogens with zero attached hydrogens (tertiary/aromatic N) is 5. The molecule has 0 bridgehead atoms. The van der Waals surface area contributed by atoms with E-state index in [2.05, 4.69) is 44.8 Å². The van der Waals surface area contributed by atoms with Gasteiger partial charge in [0, 0.05) is 56.5 Å². The SMILES string of the molecule is CC(C)c1cc(N2CC3CN(Cc4noc5c4CCCC5)CC3C2)ncn1. The molecule has 2 fully saturated rings. The maximum absolute atomic E-state index is 5.60. The summed E-state index contributed by atoms with van der Waals surface area (Å²) in [5.74, 6) is 4.14. The molecule has 0 spiro atoms. The zero-order chi connectivity index (χ0) is 18.4. The second kappa shape index (κ2) is 6.89. The molecule has 2 atom stereocenters. The van der Waals surface area contributed by atoms with Gasteiger partial charge in [0.2, 0.25) is 0 Å². The Kier molecular flexibility index (Phi) is 4.38. The minimum atomic E-state index is 0.442. The fraction of sp³-hybridized carbons (Fsp3) is 0.667. The number of likely N-dealkylation sites (tertiary alicyclic amines) is 1. The van der Waals surface area contributed by atoms with Gasteiger partial charge in [-0.2, -0.15) is 0 Å². The predicted octanol–water partition coefficient (Wildman–Crippen LogP) is 3.04. The molecule has 0 N–H and O–H groups in total. The number of hydrogen-bond donors (Lipinski definition) is 0. The first-order chi connectivity index (χ1) is 13.2. The highest BCUT2D eigenvalue weighted by Crippen LogP contribution is 2.35. The molecule has 6 heteroatoms. The van der Waals surface area contributed by atoms with Crippen LogP contribution in [0.1, 0.15) is 55.3 Å². The molecule has 0 radical (unpaired) electrons. The van der Waals surface area contributed by atoms with Crippen LogP contribution in [0.5, 0.6) is 0 Å². The maximum atomic E-state index is 5.60. The van der Waals surface area contributed by atoms with Crippen LogP contribution in [0.4, 0.5) is 5.82 Å². The van der Waals surface area contributed by atoms with E-state index in [9.17, 15) is 0 Å². The lowest BCUT2D eigenvalue weighted by molar-refractivity contribution is 0.293. The van der Waals surface area contributed by atoms with E-state index in [4.69, 9.17) is 4.52 Å². The molecule has 0 saturated carbocycles. The Hall–Kier alpha value is -1.95. The average molecular weight is 367 g/mol. The second-order valence-corrected chi connectivity index (χ2v) is 8.81. The van der Waals surface area contributed by atoms with Gasteiger partial charge >= 0.3 is 0 Å². The van der Waals surface area contributed by atoms with Crippen LogP contribution in [-0.2, 0) is 19.4 Å². The summed E-state index contributed by atoms with van der Waals surface area (Å²) in [4.78, 5) is 14.0. The van der Waals surface area contributed by atoms with Gasteiger partial charge in [-0.25, -0.2) is 9.97 Å². The highest BCUT2D eigenvalue weighted by Gasteiger charge is 2.40. The molecule has 2 saturated heterocycles. The minimum absolute atomic E-state index is 0.442. The summed E-state index contributed by atoms with van der Waals surface area (Å²) in [7, 11) is 0. The lowest BCUT2D eigenvalue weighted by Gasteiger charge is -2.22. The summed E-state index contributed by atoms with van der Waals surface area (Å²) in [6, 6.07) is 2.17. The number of rotatable bonds is 4. The molecule has 0 amide bonds. The summed E-state index contributed by atoms with van der Waals surface area (Å²) >= 11 is 0. The molecule has 2 aromatic rings. The molecule has 2 aromatic heterocycles. The predicted molar refractivity (Wildman–Crippen MR) is 104 cm³/mol. The van der Waals surface area contributed by atoms with Gasteiger partial charge < -0.3 is 9.42 Å². The molecule has 1 aliphatic carbocycles. The van der Waals surface area contributed by atoms with Crippen molar-refractivity contribution < 1.29 is 4.52 Å². The summed E-state index contributed by atoms with van der Waals surface area (Å²) in [5.41, 5.74) is 3.73. The van der Waals surface area contributed by atoms with Crippen LogP contribution in [0.15, 0.2) is 16.9 Å². The van der Waals surface area contributed by atoms with Crippen LogP contribution >= 0.6 is 0 Å². The number of aromatic nitrogens is 3. The third kappa shape index (κ3) is 3.24. The molecule has 3 aliphatic rings. The monoisotopic (exact) mass is 367 g/mol. The van der Waals surface area contributed by atoms with Gasteiger partial charge in [-0.3, -0.25) is 4.90 Å². The molecular weight excluding hydrogens is 338 g/mol. The van der Waals surface area contributed by atoms with Crippen molar-refractivity contribution in [1.82, 2.24) is 20.0 Å². The molecule has 4 heterocycles. The largest absolute Gasteiger partial charge is 0.361 e. The lowest BCUT2D eigenvalue weighted by atomic mass is 9.96. The van der Waals surface area contributed by atoms with E-state index >= 15 is 0 Å². The van der Waals surface area contributed by atoms with Crippen molar-refractivity contribution in [3.05, 3.63) is 35.1 Å². The number of anilines is 1. The normalized spacial score (nSPS) is 25.2. The number of hydrogen-bond acceptors (Lipinski definition) is 6. The highest BCUT2D eigenvalue weighted by atomic mass is 16.5. The van der Waals surface area contributed by atoms with Gasteiger partial charge in [-0.1, -0.05) is 19.0 Å². The average Bonchev–Trinajstić information content (AvgIpc) is 3.36. The van der Waals surface area contributed by atoms with Crippen molar-refractivity contribution in [1.29, 1.82) is 0 Å². The minimum Gasteiger partial charge on any atom is -0.361 e. The second-order valence-electron chi connectivity index (χ2n) is 8.81. The fourth-order valence-electron chi connectivity index (χ4n) is 5.04. The standard InChI is InChI=1S/C21H29N5O/c1-14(2)18-7-21(23-13-22-18)26-10-15-8-25(9-16(15)11-26)12-19-17-5-3-4-6-20(17)27-24-19/h7,13-16H,3-6,8-12H2,1-2H3. The Labute approximate surface area is 161 Å². The van der Waals surface area contributed by atoms with Crippen molar-refractivity contribution in [3.8, 4) is 0 Å². The Bertz CT molecular complexity index is 803. The summed E-state index contributed by atoms with van der Waals surface area (Å²) < 4.78 is 5.60. The molecule has 2 unspecified atom stereocenters. The highest BCUT2D eigenvalue weighted by molar-refractivity contribution is 5.41. The van der Waals surface area contributed by atoms with E-state index in [0.29, 0.717) is 5.92 Å². The smallest absolute Gasteiger partial charge is 0.140 e. The van der Waals surface area contributed by atoms with Crippen molar-refractivity contribution in [2.45, 2.75) is 52.0 Å². The number of aryl methyl sites for hydroxylation is 1. The summed E-state index contributed by atoms with van der Waals surface area (Å²) in [5, 5.41) is 4.40. The van der Waals surface area contributed by atoms with Crippen molar-refractivity contribution in [2.24, 2.45) is 11.8 Å². The van der Waals surface area contributed by atoms with Crippen LogP contribution in [0.25, 0.3) is 0 Å². The third-order valence-electron chi connectivity index (χ3n) is 6.56. The van der Waals surface area contributed by atoms with Crippen LogP contribution in [0.2, 0.25) is 0 Å². The topological polar surface area (TPSA) is 58.3 Å². The van der Waals surface area contributed by atoms with E-state index < -0.39 is 0 Å². The first kappa shape index (κ1) is 17.2. The van der Waals surface area contributed by atoms with Crippen molar-refractivity contribution >= 4 is 5.82 Å². The van der Waals surface area contributed by atoms with E-state index in [-0.39, 0.29) is 0 Å². The molecule has 2 aliphatic heterocycles. The Balaban J connectivity index is 1.22. The molecule has 27 heavy (non-hydrogen) atoms. The molecular formula is C21H29N5O. The van der Waals surface area contributed by atoms with Crippen LogP contribution in [0, 0.1) is 11.8 Å². The Morgan fingerprint density at radius 1 is 1.07 bits per heavy atom. The zero-order valence-electron chi connectivity index (χ0n) is 16.4. The van der Waals surface area contributed by atoms with Crippen LogP contribution in [0.3, 0.4) is 0 Å². The van der Waals surface area contributed by atoms with Gasteiger partial charge in [-0.05, 0) is 37.0 Å². The fourth-order valence-corrected chi connectivity index (χ4v) is 5.04. The first-order valence-electron chi connectivity index (χ1n) is 10.4. The molecule has 5 rings (SSSR count). The Morgan fingerprint density at radius 3 is 2.63 bits per heavy atom. The van der Waals surface area contributed by atoms with E-state index in [0.717, 1.165) is 74.7 Å². The van der Waals surface area contributed by atoms with Crippen molar-refractivity contribution in [3.63, 3.8) is 0 Å². The first-order valence-corrected chi connectivity index (χ1v) is 10.4. The molecule has 144 valence electrons. The number of fused-ring (bicyclic) bond motifs is 2. The summed E-state index contributed by atoms with van der Waals surface area (Å²) in [6.07, 6.45) is 6.46. The Morgan fingerprint density at radius 2 is 1.85 bits per heavy atom. The van der Waals surface area contributed by atoms with Crippen LogP contribution < -0.4 is 4.90 Å². The van der Waals surface area contributed by atoms with Gasteiger partial charge in [0.25, 0.3) is 0 Å². The zero-order valence-corrected chi connectivity index (χ0v) is 16.4. The lowest BCUT2D eigenvalue weighted by Crippen LogP contribution is -2.29. The van der Waals surface area contributed by atoms with E-state index in [1.165, 1.54) is 24.1 Å². The van der Waals surface area contributed by atoms with Crippen molar-refractivity contribution in [2.75, 3.05) is 31.1 Å². The van der Waals surface area contributed by atoms with E-state index in [1.54, 1.807) is 6.33 Å². The quantitative estimate of drug-likeness (QED) is 0.828. The maximum Gasteiger partial charge on any atom is 0.140 e. The van der Waals surface area contributed by atoms with Crippen LogP contribution in [-0.4, -0.2) is 46.2 Å².